The third kappa shape index (κ3) is 2.65. The molecule has 0 unspecified atom stereocenters. The van der Waals surface area contributed by atoms with Crippen molar-refractivity contribution in [1.29, 1.82) is 0 Å². The molecule has 2 aromatic rings. The molecule has 2 aromatic heterocycles. The van der Waals surface area contributed by atoms with E-state index in [1.807, 2.05) is 36.4 Å². The molecule has 4 heterocycles. The number of aromatic nitrogens is 3. The Kier molecular flexibility index (Phi) is 3.44. The summed E-state index contributed by atoms with van der Waals surface area (Å²) < 4.78 is 0. The molecule has 2 saturated heterocycles. The normalized spacial score (nSPS) is 23.4. The molecule has 2 fully saturated rings. The Bertz CT molecular complexity index is 703. The van der Waals surface area contributed by atoms with Gasteiger partial charge in [0.15, 0.2) is 0 Å². The molecule has 2 aliphatic heterocycles. The molecule has 0 radical (unpaired) electrons. The first-order valence-corrected chi connectivity index (χ1v) is 7.92. The van der Waals surface area contributed by atoms with Crippen LogP contribution < -0.4 is 4.90 Å². The lowest BCUT2D eigenvalue weighted by molar-refractivity contribution is -0.131. The van der Waals surface area contributed by atoms with E-state index >= 15 is 0 Å². The van der Waals surface area contributed by atoms with E-state index in [4.69, 9.17) is 0 Å². The minimum Gasteiger partial charge on any atom is -0.340 e. The van der Waals surface area contributed by atoms with Crippen LogP contribution in [0.4, 0.5) is 5.95 Å². The Morgan fingerprint density at radius 3 is 2.57 bits per heavy atom. The number of hydrogen-bond donors (Lipinski definition) is 0. The average Bonchev–Trinajstić information content (AvgIpc) is 3.10. The van der Waals surface area contributed by atoms with Crippen LogP contribution in [0.25, 0.3) is 0 Å². The van der Waals surface area contributed by atoms with E-state index in [9.17, 15) is 4.79 Å². The number of carbonyl (C=O) groups excluding carboxylic acids is 1. The van der Waals surface area contributed by atoms with Gasteiger partial charge in [-0.2, -0.15) is 0 Å². The van der Waals surface area contributed by atoms with Gasteiger partial charge in [-0.3, -0.25) is 9.78 Å². The molecule has 2 atom stereocenters. The van der Waals surface area contributed by atoms with Gasteiger partial charge in [0.25, 0.3) is 0 Å². The van der Waals surface area contributed by atoms with Crippen molar-refractivity contribution < 1.29 is 4.79 Å². The Labute approximate surface area is 135 Å². The summed E-state index contributed by atoms with van der Waals surface area (Å²) >= 11 is 0. The first kappa shape index (κ1) is 14.1. The third-order valence-electron chi connectivity index (χ3n) is 4.70. The van der Waals surface area contributed by atoms with E-state index in [0.717, 1.165) is 36.7 Å². The molecule has 0 aliphatic carbocycles. The third-order valence-corrected chi connectivity index (χ3v) is 4.70. The zero-order valence-corrected chi connectivity index (χ0v) is 13.1. The number of nitrogens with zero attached hydrogens (tertiary/aromatic N) is 5. The summed E-state index contributed by atoms with van der Waals surface area (Å²) in [7, 11) is 0. The number of pyridine rings is 1. The van der Waals surface area contributed by atoms with Gasteiger partial charge in [0.05, 0.1) is 5.92 Å². The maximum atomic E-state index is 12.7. The van der Waals surface area contributed by atoms with Crippen molar-refractivity contribution in [3.8, 4) is 0 Å². The number of amides is 1. The Balaban J connectivity index is 1.44. The lowest BCUT2D eigenvalue weighted by Crippen LogP contribution is -2.33. The molecule has 118 valence electrons. The van der Waals surface area contributed by atoms with Gasteiger partial charge >= 0.3 is 0 Å². The second-order valence-corrected chi connectivity index (χ2v) is 6.41. The number of carbonyl (C=O) groups is 1. The summed E-state index contributed by atoms with van der Waals surface area (Å²) in [5, 5.41) is 0. The molecule has 2 aliphatic rings. The zero-order valence-electron chi connectivity index (χ0n) is 13.1. The predicted octanol–water partition coefficient (Wildman–Crippen LogP) is 1.27. The second kappa shape index (κ2) is 5.61. The van der Waals surface area contributed by atoms with Crippen molar-refractivity contribution in [1.82, 2.24) is 19.9 Å². The fourth-order valence-corrected chi connectivity index (χ4v) is 3.51. The molecular weight excluding hydrogens is 290 g/mol. The Morgan fingerprint density at radius 2 is 1.87 bits per heavy atom. The standard InChI is InChI=1S/C17H19N5O/c1-12-6-19-17(20-7-12)22-10-14-9-21(16(23)15(14)11-22)8-13-2-4-18-5-3-13/h2-7,14-15H,8-11H2,1H3/t14-,15+/m1/s1. The fraction of sp³-hybridized carbons (Fsp3) is 0.412. The van der Waals surface area contributed by atoms with Crippen LogP contribution in [-0.4, -0.2) is 45.4 Å². The maximum Gasteiger partial charge on any atom is 0.228 e. The molecule has 0 spiro atoms. The van der Waals surface area contributed by atoms with Gasteiger partial charge in [0.2, 0.25) is 11.9 Å². The van der Waals surface area contributed by atoms with Crippen LogP contribution in [0.5, 0.6) is 0 Å². The lowest BCUT2D eigenvalue weighted by atomic mass is 10.0. The topological polar surface area (TPSA) is 62.2 Å². The number of aryl methyl sites for hydroxylation is 1. The van der Waals surface area contributed by atoms with Gasteiger partial charge in [-0.15, -0.1) is 0 Å². The number of hydrogen-bond acceptors (Lipinski definition) is 5. The van der Waals surface area contributed by atoms with E-state index < -0.39 is 0 Å². The van der Waals surface area contributed by atoms with E-state index in [1.165, 1.54) is 0 Å². The van der Waals surface area contributed by atoms with Crippen molar-refractivity contribution in [2.75, 3.05) is 24.5 Å². The molecule has 4 rings (SSSR count). The summed E-state index contributed by atoms with van der Waals surface area (Å²) in [6.45, 7) is 5.04. The minimum absolute atomic E-state index is 0.0711. The van der Waals surface area contributed by atoms with Crippen molar-refractivity contribution in [3.63, 3.8) is 0 Å². The van der Waals surface area contributed by atoms with E-state index in [1.54, 1.807) is 12.4 Å². The molecular formula is C17H19N5O. The molecule has 0 saturated carbocycles. The van der Waals surface area contributed by atoms with E-state index in [0.29, 0.717) is 12.5 Å². The number of rotatable bonds is 3. The van der Waals surface area contributed by atoms with Crippen molar-refractivity contribution in [2.24, 2.45) is 11.8 Å². The first-order valence-electron chi connectivity index (χ1n) is 7.92. The summed E-state index contributed by atoms with van der Waals surface area (Å²) in [5.41, 5.74) is 2.18. The van der Waals surface area contributed by atoms with Crippen molar-refractivity contribution in [2.45, 2.75) is 13.5 Å². The maximum absolute atomic E-state index is 12.7. The summed E-state index contributed by atoms with van der Waals surface area (Å²) in [4.78, 5) is 29.6. The van der Waals surface area contributed by atoms with Gasteiger partial charge in [-0.25, -0.2) is 9.97 Å². The van der Waals surface area contributed by atoms with Gasteiger partial charge in [-0.05, 0) is 30.2 Å². The fourth-order valence-electron chi connectivity index (χ4n) is 3.51. The highest BCUT2D eigenvalue weighted by atomic mass is 16.2. The van der Waals surface area contributed by atoms with Crippen molar-refractivity contribution >= 4 is 11.9 Å². The highest BCUT2D eigenvalue weighted by Crippen LogP contribution is 2.34. The smallest absolute Gasteiger partial charge is 0.228 e. The Morgan fingerprint density at radius 1 is 1.13 bits per heavy atom. The van der Waals surface area contributed by atoms with Gasteiger partial charge in [0.1, 0.15) is 0 Å². The highest BCUT2D eigenvalue weighted by molar-refractivity contribution is 5.83. The zero-order chi connectivity index (χ0) is 15.8. The second-order valence-electron chi connectivity index (χ2n) is 6.41. The Hall–Kier alpha value is -2.50. The van der Waals surface area contributed by atoms with Gasteiger partial charge < -0.3 is 9.80 Å². The van der Waals surface area contributed by atoms with Crippen LogP contribution in [0.3, 0.4) is 0 Å². The lowest BCUT2D eigenvalue weighted by Gasteiger charge is -2.21. The molecule has 1 amide bonds. The van der Waals surface area contributed by atoms with Crippen LogP contribution in [0, 0.1) is 18.8 Å². The first-order chi connectivity index (χ1) is 11.2. The minimum atomic E-state index is 0.0711. The van der Waals surface area contributed by atoms with E-state index in [-0.39, 0.29) is 11.8 Å². The van der Waals surface area contributed by atoms with Crippen LogP contribution in [0.1, 0.15) is 11.1 Å². The van der Waals surface area contributed by atoms with Crippen LogP contribution >= 0.6 is 0 Å². The summed E-state index contributed by atoms with van der Waals surface area (Å²) in [6.07, 6.45) is 7.20. The molecule has 0 bridgehead atoms. The summed E-state index contributed by atoms with van der Waals surface area (Å²) in [6, 6.07) is 3.93. The summed E-state index contributed by atoms with van der Waals surface area (Å²) in [5.74, 6) is 1.43. The van der Waals surface area contributed by atoms with Crippen LogP contribution in [0.2, 0.25) is 0 Å². The predicted molar refractivity (Wildman–Crippen MR) is 85.6 cm³/mol. The molecule has 0 N–H and O–H groups in total. The molecule has 6 nitrogen and oxygen atoms in total. The highest BCUT2D eigenvalue weighted by Gasteiger charge is 2.46. The largest absolute Gasteiger partial charge is 0.340 e. The number of fused-ring (bicyclic) bond motifs is 1. The molecule has 0 aromatic carbocycles. The van der Waals surface area contributed by atoms with E-state index in [2.05, 4.69) is 19.9 Å². The van der Waals surface area contributed by atoms with Gasteiger partial charge in [-0.1, -0.05) is 0 Å². The van der Waals surface area contributed by atoms with Crippen LogP contribution in [0.15, 0.2) is 36.9 Å². The molecule has 23 heavy (non-hydrogen) atoms. The average molecular weight is 309 g/mol. The quantitative estimate of drug-likeness (QED) is 0.854. The monoisotopic (exact) mass is 309 g/mol. The van der Waals surface area contributed by atoms with Crippen LogP contribution in [-0.2, 0) is 11.3 Å². The van der Waals surface area contributed by atoms with Crippen molar-refractivity contribution in [3.05, 3.63) is 48.0 Å². The SMILES string of the molecule is Cc1cnc(N2C[C@H]3CN(Cc4ccncc4)C(=O)[C@H]3C2)nc1. The number of likely N-dealkylation sites (tertiary alicyclic amines) is 1. The molecule has 6 heteroatoms. The van der Waals surface area contributed by atoms with Gasteiger partial charge in [0, 0.05) is 56.9 Å². The number of anilines is 1.